The van der Waals surface area contributed by atoms with E-state index in [9.17, 15) is 14.7 Å². The fraction of sp³-hybridized carbons (Fsp3) is 0.200. The molecule has 4 N–H and O–H groups in total. The molecule has 1 fully saturated rings. The molecule has 2 aliphatic rings. The summed E-state index contributed by atoms with van der Waals surface area (Å²) in [6, 6.07) is -0.736. The number of fused-ring (bicyclic) bond motifs is 1. The van der Waals surface area contributed by atoms with Crippen molar-refractivity contribution in [3.8, 4) is 0 Å². The average molecular weight is 200 g/mol. The molecule has 0 saturated carbocycles. The van der Waals surface area contributed by atoms with Gasteiger partial charge in [0.2, 0.25) is 0 Å². The predicted molar refractivity (Wildman–Crippen MR) is 44.8 cm³/mol. The first kappa shape index (κ1) is 8.08. The van der Waals surface area contributed by atoms with Crippen LogP contribution in [0.5, 0.6) is 0 Å². The Kier molecular flexibility index (Phi) is 1.39. The monoisotopic (exact) mass is 200 g/mol. The first-order valence-corrected chi connectivity index (χ1v) is 3.69. The van der Waals surface area contributed by atoms with Gasteiger partial charge < -0.3 is 10.4 Å². The van der Waals surface area contributed by atoms with E-state index in [0.29, 0.717) is 0 Å². The molecule has 0 aromatic carbocycles. The Hall–Kier alpha value is -1.54. The van der Waals surface area contributed by atoms with Gasteiger partial charge in [-0.25, -0.2) is 9.79 Å². The Labute approximate surface area is 77.2 Å². The first-order valence-electron chi connectivity index (χ1n) is 3.28. The molecule has 1 unspecified atom stereocenters. The summed E-state index contributed by atoms with van der Waals surface area (Å²) in [5, 5.41) is 15.9. The predicted octanol–water partition coefficient (Wildman–Crippen LogP) is -2.20. The largest absolute Gasteiger partial charge is 0.357 e. The van der Waals surface area contributed by atoms with E-state index >= 15 is 0 Å². The first-order chi connectivity index (χ1) is 6.02. The molecule has 1 atom stereocenters. The highest BCUT2D eigenvalue weighted by Gasteiger charge is 2.51. The quantitative estimate of drug-likeness (QED) is 0.332. The van der Waals surface area contributed by atoms with Crippen LogP contribution in [0.15, 0.2) is 4.99 Å². The smallest absolute Gasteiger partial charge is 0.327 e. The van der Waals surface area contributed by atoms with Crippen molar-refractivity contribution in [2.24, 2.45) is 4.99 Å². The third-order valence-corrected chi connectivity index (χ3v) is 1.82. The normalized spacial score (nSPS) is 31.5. The summed E-state index contributed by atoms with van der Waals surface area (Å²) < 4.78 is 0. The summed E-state index contributed by atoms with van der Waals surface area (Å²) in [6.45, 7) is 0. The number of carbonyl (C=O) groups excluding carboxylic acids is 2. The lowest BCUT2D eigenvalue weighted by atomic mass is 10.1. The van der Waals surface area contributed by atoms with Crippen LogP contribution in [0.3, 0.4) is 0 Å². The van der Waals surface area contributed by atoms with Crippen LogP contribution >= 0.6 is 12.2 Å². The van der Waals surface area contributed by atoms with Crippen molar-refractivity contribution < 1.29 is 14.7 Å². The zero-order valence-electron chi connectivity index (χ0n) is 6.12. The molecule has 7 nitrogen and oxygen atoms in total. The van der Waals surface area contributed by atoms with Gasteiger partial charge in [-0.15, -0.1) is 0 Å². The van der Waals surface area contributed by atoms with Crippen LogP contribution in [0.4, 0.5) is 4.79 Å². The molecule has 2 rings (SSSR count). The number of nitrogens with one attached hydrogen (secondary N) is 3. The van der Waals surface area contributed by atoms with Gasteiger partial charge in [-0.3, -0.25) is 15.4 Å². The van der Waals surface area contributed by atoms with Crippen LogP contribution in [0.25, 0.3) is 0 Å². The van der Waals surface area contributed by atoms with Crippen LogP contribution in [-0.4, -0.2) is 33.7 Å². The highest BCUT2D eigenvalue weighted by molar-refractivity contribution is 7.80. The number of thiocarbonyl (C=S) groups is 1. The number of urea groups is 1. The molecule has 0 aromatic heterocycles. The molecule has 3 amide bonds. The van der Waals surface area contributed by atoms with Crippen molar-refractivity contribution in [1.82, 2.24) is 16.0 Å². The lowest BCUT2D eigenvalue weighted by Crippen LogP contribution is -2.70. The van der Waals surface area contributed by atoms with Crippen LogP contribution < -0.4 is 16.0 Å². The van der Waals surface area contributed by atoms with Gasteiger partial charge in [-0.1, -0.05) is 0 Å². The van der Waals surface area contributed by atoms with Gasteiger partial charge in [0.15, 0.2) is 10.9 Å². The molecule has 0 spiro atoms. The van der Waals surface area contributed by atoms with Crippen LogP contribution in [0.2, 0.25) is 0 Å². The third-order valence-electron chi connectivity index (χ3n) is 1.63. The molecule has 13 heavy (non-hydrogen) atoms. The van der Waals surface area contributed by atoms with E-state index in [1.807, 2.05) is 5.32 Å². The second kappa shape index (κ2) is 2.24. The van der Waals surface area contributed by atoms with Crippen LogP contribution in [0, 0.1) is 0 Å². The minimum atomic E-state index is -2.02. The summed E-state index contributed by atoms with van der Waals surface area (Å²) in [4.78, 5) is 25.5. The topological polar surface area (TPSA) is 103 Å². The summed E-state index contributed by atoms with van der Waals surface area (Å²) in [5.41, 5.74) is -2.02. The Morgan fingerprint density at radius 2 is 2.08 bits per heavy atom. The van der Waals surface area contributed by atoms with E-state index in [1.165, 1.54) is 0 Å². The highest BCUT2D eigenvalue weighted by atomic mass is 32.1. The SMILES string of the molecule is O=C1NC(=O)C2(O)NC(=S)N=C2N1. The molecule has 1 saturated heterocycles. The molecule has 2 heterocycles. The molecule has 0 radical (unpaired) electrons. The maximum Gasteiger partial charge on any atom is 0.327 e. The van der Waals surface area contributed by atoms with Crippen LogP contribution in [0.1, 0.15) is 0 Å². The van der Waals surface area contributed by atoms with Crippen molar-refractivity contribution >= 4 is 35.1 Å². The second-order valence-corrected chi connectivity index (χ2v) is 2.90. The number of amidine groups is 1. The molecule has 0 bridgehead atoms. The Morgan fingerprint density at radius 1 is 1.38 bits per heavy atom. The van der Waals surface area contributed by atoms with Gasteiger partial charge in [0.05, 0.1) is 0 Å². The van der Waals surface area contributed by atoms with Gasteiger partial charge in [-0.2, -0.15) is 0 Å². The number of imide groups is 1. The Balaban J connectivity index is 2.44. The summed E-state index contributed by atoms with van der Waals surface area (Å²) in [6.07, 6.45) is 0. The summed E-state index contributed by atoms with van der Waals surface area (Å²) in [5.74, 6) is -1.08. The highest BCUT2D eigenvalue weighted by Crippen LogP contribution is 2.12. The van der Waals surface area contributed by atoms with E-state index in [0.717, 1.165) is 0 Å². The summed E-state index contributed by atoms with van der Waals surface area (Å²) in [7, 11) is 0. The lowest BCUT2D eigenvalue weighted by Gasteiger charge is -2.27. The molecular weight excluding hydrogens is 196 g/mol. The molecular formula is C5H4N4O3S. The molecule has 0 aromatic rings. The number of nitrogens with zero attached hydrogens (tertiary/aromatic N) is 1. The van der Waals surface area contributed by atoms with Gasteiger partial charge in [0, 0.05) is 0 Å². The van der Waals surface area contributed by atoms with E-state index < -0.39 is 17.7 Å². The maximum absolute atomic E-state index is 11.1. The number of aliphatic imine (C=N–C) groups is 1. The molecule has 2 aliphatic heterocycles. The van der Waals surface area contributed by atoms with Crippen molar-refractivity contribution in [3.63, 3.8) is 0 Å². The van der Waals surface area contributed by atoms with Crippen molar-refractivity contribution in [3.05, 3.63) is 0 Å². The number of amides is 3. The van der Waals surface area contributed by atoms with E-state index in [2.05, 4.69) is 27.8 Å². The van der Waals surface area contributed by atoms with Crippen LogP contribution in [-0.2, 0) is 4.79 Å². The van der Waals surface area contributed by atoms with Crippen molar-refractivity contribution in [2.45, 2.75) is 5.72 Å². The fourth-order valence-corrected chi connectivity index (χ4v) is 1.28. The van der Waals surface area contributed by atoms with Gasteiger partial charge in [0.1, 0.15) is 0 Å². The van der Waals surface area contributed by atoms with Gasteiger partial charge >= 0.3 is 6.03 Å². The number of rotatable bonds is 0. The Bertz CT molecular complexity index is 365. The Morgan fingerprint density at radius 3 is 2.77 bits per heavy atom. The number of aliphatic hydroxyl groups is 1. The summed E-state index contributed by atoms with van der Waals surface area (Å²) >= 11 is 4.61. The maximum atomic E-state index is 11.1. The number of carbonyl (C=O) groups is 2. The standard InChI is InChI=1S/C5H4N4O3S/c10-2-5(12)1(6-3(11)8-2)7-4(13)9-5/h12H,(H3,6,7,8,9,10,11,13). The number of hydrogen-bond acceptors (Lipinski definition) is 4. The lowest BCUT2D eigenvalue weighted by molar-refractivity contribution is -0.133. The molecule has 68 valence electrons. The molecule has 0 aliphatic carbocycles. The zero-order chi connectivity index (χ0) is 9.64. The second-order valence-electron chi connectivity index (χ2n) is 2.51. The minimum absolute atomic E-state index is 0.0464. The van der Waals surface area contributed by atoms with Crippen molar-refractivity contribution in [2.75, 3.05) is 0 Å². The van der Waals surface area contributed by atoms with E-state index in [-0.39, 0.29) is 10.9 Å². The number of hydrogen-bond donors (Lipinski definition) is 4. The minimum Gasteiger partial charge on any atom is -0.357 e. The van der Waals surface area contributed by atoms with Gasteiger partial charge in [-0.05, 0) is 12.2 Å². The van der Waals surface area contributed by atoms with E-state index in [4.69, 9.17) is 0 Å². The third kappa shape index (κ3) is 0.993. The van der Waals surface area contributed by atoms with E-state index in [1.54, 1.807) is 0 Å². The van der Waals surface area contributed by atoms with Crippen molar-refractivity contribution in [1.29, 1.82) is 0 Å². The fourth-order valence-electron chi connectivity index (χ4n) is 1.04. The molecule has 8 heteroatoms. The zero-order valence-corrected chi connectivity index (χ0v) is 6.94. The van der Waals surface area contributed by atoms with Gasteiger partial charge in [0.25, 0.3) is 11.6 Å². The average Bonchev–Trinajstić information content (AvgIpc) is 2.26.